The van der Waals surface area contributed by atoms with E-state index in [1.807, 2.05) is 26.8 Å². The summed E-state index contributed by atoms with van der Waals surface area (Å²) < 4.78 is 1.65. The second-order valence-corrected chi connectivity index (χ2v) is 6.04. The van der Waals surface area contributed by atoms with Crippen LogP contribution in [0.1, 0.15) is 36.7 Å². The summed E-state index contributed by atoms with van der Waals surface area (Å²) in [5.74, 6) is -0.140. The van der Waals surface area contributed by atoms with Gasteiger partial charge >= 0.3 is 0 Å². The summed E-state index contributed by atoms with van der Waals surface area (Å²) in [5, 5.41) is 17.0. The molecule has 0 fully saturated rings. The fraction of sp³-hybridized carbons (Fsp3) is 0.438. The van der Waals surface area contributed by atoms with Gasteiger partial charge in [0.05, 0.1) is 11.3 Å². The van der Waals surface area contributed by atoms with E-state index in [9.17, 15) is 9.90 Å². The molecule has 1 aromatic heterocycles. The minimum absolute atomic E-state index is 0.0595. The molecule has 0 aliphatic carbocycles. The lowest BCUT2D eigenvalue weighted by Crippen LogP contribution is -2.44. The number of benzene rings is 1. The zero-order chi connectivity index (χ0) is 16.3. The van der Waals surface area contributed by atoms with Gasteiger partial charge in [0, 0.05) is 12.1 Å². The third kappa shape index (κ3) is 3.51. The van der Waals surface area contributed by atoms with Crippen molar-refractivity contribution in [3.63, 3.8) is 0 Å². The first kappa shape index (κ1) is 16.2. The van der Waals surface area contributed by atoms with Crippen LogP contribution in [0.15, 0.2) is 30.9 Å². The van der Waals surface area contributed by atoms with Crippen molar-refractivity contribution < 1.29 is 9.90 Å². The van der Waals surface area contributed by atoms with Gasteiger partial charge in [-0.15, -0.1) is 0 Å². The Morgan fingerprint density at radius 3 is 2.73 bits per heavy atom. The van der Waals surface area contributed by atoms with E-state index in [4.69, 9.17) is 0 Å². The summed E-state index contributed by atoms with van der Waals surface area (Å²) in [7, 11) is 0. The van der Waals surface area contributed by atoms with Crippen LogP contribution in [-0.4, -0.2) is 37.9 Å². The third-order valence-electron chi connectivity index (χ3n) is 3.98. The molecule has 0 spiro atoms. The SMILES string of the molecule is Cc1cc(C(=O)NCC(C)(O)C(C)C)ccc1-n1cncn1. The van der Waals surface area contributed by atoms with Gasteiger partial charge in [0.25, 0.3) is 5.91 Å². The lowest BCUT2D eigenvalue weighted by atomic mass is 9.92. The predicted octanol–water partition coefficient (Wildman–Crippen LogP) is 1.71. The van der Waals surface area contributed by atoms with E-state index in [0.717, 1.165) is 11.3 Å². The van der Waals surface area contributed by atoms with Crippen molar-refractivity contribution in [3.8, 4) is 5.69 Å². The van der Waals surface area contributed by atoms with Crippen molar-refractivity contribution in [3.05, 3.63) is 42.0 Å². The van der Waals surface area contributed by atoms with Crippen LogP contribution >= 0.6 is 0 Å². The van der Waals surface area contributed by atoms with E-state index in [-0.39, 0.29) is 18.4 Å². The molecular formula is C16H22N4O2. The Labute approximate surface area is 130 Å². The molecule has 0 bridgehead atoms. The number of aliphatic hydroxyl groups is 1. The van der Waals surface area contributed by atoms with Crippen molar-refractivity contribution in [1.82, 2.24) is 20.1 Å². The predicted molar refractivity (Wildman–Crippen MR) is 83.9 cm³/mol. The molecule has 1 amide bonds. The van der Waals surface area contributed by atoms with Crippen molar-refractivity contribution in [2.24, 2.45) is 5.92 Å². The topological polar surface area (TPSA) is 80.0 Å². The molecule has 6 nitrogen and oxygen atoms in total. The summed E-state index contributed by atoms with van der Waals surface area (Å²) in [4.78, 5) is 16.1. The first-order chi connectivity index (χ1) is 10.3. The molecule has 0 saturated heterocycles. The summed E-state index contributed by atoms with van der Waals surface area (Å²) in [5.41, 5.74) is 1.43. The van der Waals surface area contributed by atoms with Crippen molar-refractivity contribution >= 4 is 5.91 Å². The molecule has 0 saturated carbocycles. The zero-order valence-corrected chi connectivity index (χ0v) is 13.4. The molecule has 1 atom stereocenters. The van der Waals surface area contributed by atoms with Crippen LogP contribution in [0.3, 0.4) is 0 Å². The highest BCUT2D eigenvalue weighted by Crippen LogP contribution is 2.16. The molecular weight excluding hydrogens is 280 g/mol. The first-order valence-electron chi connectivity index (χ1n) is 7.27. The fourth-order valence-electron chi connectivity index (χ4n) is 1.95. The van der Waals surface area contributed by atoms with E-state index in [1.165, 1.54) is 6.33 Å². The minimum atomic E-state index is -0.925. The number of hydrogen-bond donors (Lipinski definition) is 2. The zero-order valence-electron chi connectivity index (χ0n) is 13.4. The Kier molecular flexibility index (Phi) is 4.61. The largest absolute Gasteiger partial charge is 0.388 e. The number of nitrogens with one attached hydrogen (secondary N) is 1. The Morgan fingerprint density at radius 2 is 2.18 bits per heavy atom. The highest BCUT2D eigenvalue weighted by Gasteiger charge is 2.25. The standard InChI is InChI=1S/C16H22N4O2/c1-11(2)16(4,22)8-18-15(21)13-5-6-14(12(3)7-13)20-10-17-9-19-20/h5-7,9-11,22H,8H2,1-4H3,(H,18,21). The molecule has 118 valence electrons. The number of amides is 1. The number of nitrogens with zero attached hydrogens (tertiary/aromatic N) is 3. The summed E-state index contributed by atoms with van der Waals surface area (Å²) in [6.07, 6.45) is 3.08. The summed E-state index contributed by atoms with van der Waals surface area (Å²) in [6.45, 7) is 7.69. The molecule has 0 radical (unpaired) electrons. The molecule has 1 heterocycles. The number of aromatic nitrogens is 3. The van der Waals surface area contributed by atoms with Crippen LogP contribution in [0, 0.1) is 12.8 Å². The molecule has 2 rings (SSSR count). The van der Waals surface area contributed by atoms with Crippen molar-refractivity contribution in [2.45, 2.75) is 33.3 Å². The van der Waals surface area contributed by atoms with Crippen LogP contribution in [0.2, 0.25) is 0 Å². The second kappa shape index (κ2) is 6.27. The van der Waals surface area contributed by atoms with Gasteiger partial charge in [-0.1, -0.05) is 13.8 Å². The maximum atomic E-state index is 12.2. The fourth-order valence-corrected chi connectivity index (χ4v) is 1.95. The Morgan fingerprint density at radius 1 is 1.45 bits per heavy atom. The average Bonchev–Trinajstić information content (AvgIpc) is 2.98. The molecule has 0 aliphatic heterocycles. The van der Waals surface area contributed by atoms with E-state index < -0.39 is 5.60 Å². The molecule has 1 aromatic carbocycles. The van der Waals surface area contributed by atoms with Crippen LogP contribution in [0.5, 0.6) is 0 Å². The lowest BCUT2D eigenvalue weighted by molar-refractivity contribution is 0.0142. The highest BCUT2D eigenvalue weighted by molar-refractivity contribution is 5.94. The van der Waals surface area contributed by atoms with Gasteiger partial charge in [-0.3, -0.25) is 4.79 Å². The molecule has 22 heavy (non-hydrogen) atoms. The molecule has 1 unspecified atom stereocenters. The molecule has 0 aliphatic rings. The Hall–Kier alpha value is -2.21. The van der Waals surface area contributed by atoms with E-state index in [0.29, 0.717) is 5.56 Å². The van der Waals surface area contributed by atoms with Crippen molar-refractivity contribution in [1.29, 1.82) is 0 Å². The number of carbonyl (C=O) groups excluding carboxylic acids is 1. The van der Waals surface area contributed by atoms with Gasteiger partial charge in [-0.2, -0.15) is 5.10 Å². The first-order valence-corrected chi connectivity index (χ1v) is 7.27. The molecule has 2 N–H and O–H groups in total. The summed E-state index contributed by atoms with van der Waals surface area (Å²) in [6, 6.07) is 5.37. The van der Waals surface area contributed by atoms with Gasteiger partial charge in [0.15, 0.2) is 0 Å². The monoisotopic (exact) mass is 302 g/mol. The van der Waals surface area contributed by atoms with Gasteiger partial charge in [0.2, 0.25) is 0 Å². The van der Waals surface area contributed by atoms with Crippen molar-refractivity contribution in [2.75, 3.05) is 6.54 Å². The Bertz CT molecular complexity index is 648. The number of hydrogen-bond acceptors (Lipinski definition) is 4. The number of carbonyl (C=O) groups is 1. The summed E-state index contributed by atoms with van der Waals surface area (Å²) >= 11 is 0. The van der Waals surface area contributed by atoms with Crippen LogP contribution in [0.25, 0.3) is 5.69 Å². The third-order valence-corrected chi connectivity index (χ3v) is 3.98. The maximum absolute atomic E-state index is 12.2. The maximum Gasteiger partial charge on any atom is 0.251 e. The van der Waals surface area contributed by atoms with Crippen LogP contribution < -0.4 is 5.32 Å². The average molecular weight is 302 g/mol. The highest BCUT2D eigenvalue weighted by atomic mass is 16.3. The van der Waals surface area contributed by atoms with Crippen LogP contribution in [-0.2, 0) is 0 Å². The van der Waals surface area contributed by atoms with Gasteiger partial charge in [-0.25, -0.2) is 9.67 Å². The van der Waals surface area contributed by atoms with E-state index in [1.54, 1.807) is 30.1 Å². The van der Waals surface area contributed by atoms with Crippen LogP contribution in [0.4, 0.5) is 0 Å². The van der Waals surface area contributed by atoms with E-state index in [2.05, 4.69) is 15.4 Å². The lowest BCUT2D eigenvalue weighted by Gasteiger charge is -2.27. The molecule has 2 aromatic rings. The quantitative estimate of drug-likeness (QED) is 0.881. The van der Waals surface area contributed by atoms with Gasteiger partial charge in [-0.05, 0) is 43.5 Å². The van der Waals surface area contributed by atoms with E-state index >= 15 is 0 Å². The normalized spacial score (nSPS) is 13.9. The van der Waals surface area contributed by atoms with Gasteiger partial charge in [0.1, 0.15) is 12.7 Å². The minimum Gasteiger partial charge on any atom is -0.388 e. The smallest absolute Gasteiger partial charge is 0.251 e. The number of aryl methyl sites for hydroxylation is 1. The second-order valence-electron chi connectivity index (χ2n) is 6.04. The molecule has 6 heteroatoms. The van der Waals surface area contributed by atoms with Gasteiger partial charge < -0.3 is 10.4 Å². The Balaban J connectivity index is 2.10. The number of rotatable bonds is 5.